The van der Waals surface area contributed by atoms with Crippen molar-refractivity contribution < 1.29 is 9.90 Å². The SMILES string of the molecule is CC1(C)CNCCc2c1c1ccccc1n2C(=O)O. The summed E-state index contributed by atoms with van der Waals surface area (Å²) >= 11 is 0. The zero-order valence-electron chi connectivity index (χ0n) is 11.2. The first-order valence-electron chi connectivity index (χ1n) is 6.59. The van der Waals surface area contributed by atoms with Crippen molar-refractivity contribution in [2.45, 2.75) is 25.7 Å². The number of nitrogens with one attached hydrogen (secondary N) is 1. The van der Waals surface area contributed by atoms with Gasteiger partial charge in [-0.25, -0.2) is 9.36 Å². The first-order valence-corrected chi connectivity index (χ1v) is 6.59. The largest absolute Gasteiger partial charge is 0.464 e. The number of carboxylic acid groups (broad SMARTS) is 1. The number of para-hydroxylation sites is 1. The molecule has 0 saturated heterocycles. The van der Waals surface area contributed by atoms with Gasteiger partial charge in [0, 0.05) is 36.0 Å². The fourth-order valence-corrected chi connectivity index (χ4v) is 3.20. The number of aromatic nitrogens is 1. The van der Waals surface area contributed by atoms with E-state index in [4.69, 9.17) is 0 Å². The molecule has 0 radical (unpaired) electrons. The Bertz CT molecular complexity index is 655. The van der Waals surface area contributed by atoms with E-state index in [2.05, 4.69) is 19.2 Å². The Kier molecular flexibility index (Phi) is 2.64. The molecule has 4 nitrogen and oxygen atoms in total. The highest BCUT2D eigenvalue weighted by Crippen LogP contribution is 2.36. The second-order valence-electron chi connectivity index (χ2n) is 5.77. The molecule has 4 heteroatoms. The molecule has 0 unspecified atom stereocenters. The maximum Gasteiger partial charge on any atom is 0.416 e. The Morgan fingerprint density at radius 2 is 2.11 bits per heavy atom. The van der Waals surface area contributed by atoms with Crippen LogP contribution in [0.15, 0.2) is 24.3 Å². The van der Waals surface area contributed by atoms with Crippen LogP contribution in [0, 0.1) is 0 Å². The molecule has 2 heterocycles. The van der Waals surface area contributed by atoms with Gasteiger partial charge in [0.05, 0.1) is 5.52 Å². The Labute approximate surface area is 112 Å². The molecule has 2 N–H and O–H groups in total. The van der Waals surface area contributed by atoms with Crippen molar-refractivity contribution in [3.05, 3.63) is 35.5 Å². The molecule has 0 fully saturated rings. The van der Waals surface area contributed by atoms with E-state index in [1.807, 2.05) is 24.3 Å². The number of hydrogen-bond donors (Lipinski definition) is 2. The van der Waals surface area contributed by atoms with Crippen LogP contribution in [-0.2, 0) is 11.8 Å². The number of hydrogen-bond acceptors (Lipinski definition) is 2. The third kappa shape index (κ3) is 1.75. The van der Waals surface area contributed by atoms with Crippen LogP contribution in [0.25, 0.3) is 10.9 Å². The highest BCUT2D eigenvalue weighted by atomic mass is 16.4. The molecule has 3 rings (SSSR count). The third-order valence-corrected chi connectivity index (χ3v) is 3.95. The summed E-state index contributed by atoms with van der Waals surface area (Å²) in [5.41, 5.74) is 2.85. The van der Waals surface area contributed by atoms with Crippen molar-refractivity contribution in [3.63, 3.8) is 0 Å². The number of nitrogens with zero attached hydrogens (tertiary/aromatic N) is 1. The van der Waals surface area contributed by atoms with Gasteiger partial charge in [-0.15, -0.1) is 0 Å². The topological polar surface area (TPSA) is 54.3 Å². The van der Waals surface area contributed by atoms with Gasteiger partial charge in [0.15, 0.2) is 0 Å². The number of benzene rings is 1. The molecule has 100 valence electrons. The summed E-state index contributed by atoms with van der Waals surface area (Å²) in [4.78, 5) is 11.6. The van der Waals surface area contributed by atoms with E-state index in [0.29, 0.717) is 0 Å². The van der Waals surface area contributed by atoms with E-state index in [1.54, 1.807) is 0 Å². The van der Waals surface area contributed by atoms with E-state index in [9.17, 15) is 9.90 Å². The minimum atomic E-state index is -0.893. The van der Waals surface area contributed by atoms with Crippen molar-refractivity contribution in [1.82, 2.24) is 9.88 Å². The molecule has 0 spiro atoms. The molecule has 0 bridgehead atoms. The molecule has 1 aromatic heterocycles. The predicted molar refractivity (Wildman–Crippen MR) is 75.0 cm³/mol. The quantitative estimate of drug-likeness (QED) is 0.763. The van der Waals surface area contributed by atoms with Crippen molar-refractivity contribution in [1.29, 1.82) is 0 Å². The van der Waals surface area contributed by atoms with E-state index < -0.39 is 6.09 Å². The Hall–Kier alpha value is -1.81. The Morgan fingerprint density at radius 3 is 2.84 bits per heavy atom. The lowest BCUT2D eigenvalue weighted by Gasteiger charge is -2.24. The molecule has 0 saturated carbocycles. The monoisotopic (exact) mass is 258 g/mol. The lowest BCUT2D eigenvalue weighted by molar-refractivity contribution is 0.196. The van der Waals surface area contributed by atoms with Crippen molar-refractivity contribution in [3.8, 4) is 0 Å². The Morgan fingerprint density at radius 1 is 1.37 bits per heavy atom. The summed E-state index contributed by atoms with van der Waals surface area (Å²) in [6.45, 7) is 6.03. The van der Waals surface area contributed by atoms with Crippen molar-refractivity contribution >= 4 is 17.0 Å². The highest BCUT2D eigenvalue weighted by Gasteiger charge is 2.32. The summed E-state index contributed by atoms with van der Waals surface area (Å²) in [5.74, 6) is 0. The molecule has 2 aromatic rings. The molecule has 1 aliphatic heterocycles. The van der Waals surface area contributed by atoms with E-state index in [1.165, 1.54) is 10.1 Å². The summed E-state index contributed by atoms with van der Waals surface area (Å²) in [5, 5.41) is 14.0. The molecule has 0 atom stereocenters. The van der Waals surface area contributed by atoms with E-state index >= 15 is 0 Å². The standard InChI is InChI=1S/C15H18N2O2/c1-15(2)9-16-8-7-12-13(15)10-5-3-4-6-11(10)17(12)14(18)19/h3-6,16H,7-9H2,1-2H3,(H,18,19). The Balaban J connectivity index is 2.44. The summed E-state index contributed by atoms with van der Waals surface area (Å²) < 4.78 is 1.46. The van der Waals surface area contributed by atoms with Gasteiger partial charge in [0.2, 0.25) is 0 Å². The normalized spacial score (nSPS) is 18.0. The first-order chi connectivity index (χ1) is 9.02. The average molecular weight is 258 g/mol. The van der Waals surface area contributed by atoms with Crippen LogP contribution >= 0.6 is 0 Å². The highest BCUT2D eigenvalue weighted by molar-refractivity contribution is 5.94. The predicted octanol–water partition coefficient (Wildman–Crippen LogP) is 2.59. The van der Waals surface area contributed by atoms with Gasteiger partial charge in [0.25, 0.3) is 0 Å². The van der Waals surface area contributed by atoms with Crippen molar-refractivity contribution in [2.75, 3.05) is 13.1 Å². The minimum absolute atomic E-state index is 0.0634. The van der Waals surface area contributed by atoms with Crippen LogP contribution in [0.2, 0.25) is 0 Å². The third-order valence-electron chi connectivity index (χ3n) is 3.95. The smallest absolute Gasteiger partial charge is 0.416 e. The van der Waals surface area contributed by atoms with Gasteiger partial charge in [-0.05, 0) is 11.6 Å². The molecule has 1 aliphatic rings. The zero-order chi connectivity index (χ0) is 13.6. The lowest BCUT2D eigenvalue weighted by atomic mass is 9.83. The van der Waals surface area contributed by atoms with Gasteiger partial charge in [-0.3, -0.25) is 0 Å². The number of fused-ring (bicyclic) bond motifs is 3. The lowest BCUT2D eigenvalue weighted by Crippen LogP contribution is -2.31. The molecule has 0 amide bonds. The van der Waals surface area contributed by atoms with Crippen LogP contribution < -0.4 is 5.32 Å². The second-order valence-corrected chi connectivity index (χ2v) is 5.77. The van der Waals surface area contributed by atoms with Gasteiger partial charge >= 0.3 is 6.09 Å². The van der Waals surface area contributed by atoms with E-state index in [0.717, 1.165) is 36.1 Å². The van der Waals surface area contributed by atoms with Crippen LogP contribution in [0.1, 0.15) is 25.1 Å². The van der Waals surface area contributed by atoms with E-state index in [-0.39, 0.29) is 5.41 Å². The van der Waals surface area contributed by atoms with Crippen LogP contribution in [0.4, 0.5) is 4.79 Å². The maximum atomic E-state index is 11.6. The molecular weight excluding hydrogens is 240 g/mol. The fourth-order valence-electron chi connectivity index (χ4n) is 3.20. The summed E-state index contributed by atoms with van der Waals surface area (Å²) in [6.07, 6.45) is -0.144. The van der Waals surface area contributed by atoms with Crippen LogP contribution in [-0.4, -0.2) is 28.9 Å². The second kappa shape index (κ2) is 4.10. The average Bonchev–Trinajstić information content (AvgIpc) is 2.61. The van der Waals surface area contributed by atoms with Gasteiger partial charge in [-0.2, -0.15) is 0 Å². The number of rotatable bonds is 0. The summed E-state index contributed by atoms with van der Waals surface area (Å²) in [6, 6.07) is 7.79. The molecule has 19 heavy (non-hydrogen) atoms. The summed E-state index contributed by atoms with van der Waals surface area (Å²) in [7, 11) is 0. The first kappa shape index (κ1) is 12.2. The molecular formula is C15H18N2O2. The minimum Gasteiger partial charge on any atom is -0.464 e. The van der Waals surface area contributed by atoms with Crippen LogP contribution in [0.3, 0.4) is 0 Å². The van der Waals surface area contributed by atoms with Gasteiger partial charge < -0.3 is 10.4 Å². The zero-order valence-corrected chi connectivity index (χ0v) is 11.2. The van der Waals surface area contributed by atoms with Gasteiger partial charge in [-0.1, -0.05) is 32.0 Å². The molecule has 0 aliphatic carbocycles. The van der Waals surface area contributed by atoms with Crippen molar-refractivity contribution in [2.24, 2.45) is 0 Å². The van der Waals surface area contributed by atoms with Gasteiger partial charge in [0.1, 0.15) is 0 Å². The van der Waals surface area contributed by atoms with Crippen LogP contribution in [0.5, 0.6) is 0 Å². The molecule has 1 aromatic carbocycles. The maximum absolute atomic E-state index is 11.6. The fraction of sp³-hybridized carbons (Fsp3) is 0.400. The number of carbonyl (C=O) groups is 1.